The highest BCUT2D eigenvalue weighted by molar-refractivity contribution is 7.89. The fourth-order valence-corrected chi connectivity index (χ4v) is 10.3. The van der Waals surface area contributed by atoms with Crippen molar-refractivity contribution in [2.75, 3.05) is 54.4 Å². The predicted molar refractivity (Wildman–Crippen MR) is 214 cm³/mol. The predicted octanol–water partition coefficient (Wildman–Crippen LogP) is 5.74. The van der Waals surface area contributed by atoms with Crippen LogP contribution < -0.4 is 25.2 Å². The molecule has 4 fully saturated rings. The number of anilines is 4. The zero-order valence-electron chi connectivity index (χ0n) is 33.8. The highest BCUT2D eigenvalue weighted by Crippen LogP contribution is 2.38. The van der Waals surface area contributed by atoms with E-state index >= 15 is 8.78 Å². The molecule has 2 aromatic carbocycles. The van der Waals surface area contributed by atoms with Gasteiger partial charge in [0.2, 0.25) is 27.8 Å². The normalized spacial score (nSPS) is 25.9. The van der Waals surface area contributed by atoms with Gasteiger partial charge in [-0.25, -0.2) is 26.9 Å². The second-order valence-corrected chi connectivity index (χ2v) is 18.7. The van der Waals surface area contributed by atoms with Gasteiger partial charge in [0.05, 0.1) is 27.8 Å². The number of benzene rings is 2. The van der Waals surface area contributed by atoms with Crippen LogP contribution in [0.3, 0.4) is 0 Å². The maximum absolute atomic E-state index is 15.5. The third-order valence-corrected chi connectivity index (χ3v) is 13.8. The van der Waals surface area contributed by atoms with Crippen molar-refractivity contribution in [2.24, 2.45) is 5.92 Å². The van der Waals surface area contributed by atoms with Gasteiger partial charge >= 0.3 is 6.18 Å². The molecule has 7 rings (SSSR count). The van der Waals surface area contributed by atoms with Crippen LogP contribution in [-0.4, -0.2) is 97.2 Å². The minimum absolute atomic E-state index is 0.0866. The Balaban J connectivity index is 0.912. The van der Waals surface area contributed by atoms with E-state index in [4.69, 9.17) is 0 Å². The number of hydrogen-bond acceptors (Lipinski definition) is 11. The Morgan fingerprint density at radius 2 is 1.75 bits per heavy atom. The largest absolute Gasteiger partial charge is 0.421 e. The Hall–Kier alpha value is -4.46. The number of alkyl halides is 3. The standard InChI is InChI=1S/C41H51F5N8O5S/c1-24-17-35(33(43)19-30(24)29-10-12-36(55)49-38(29)56)53-16-15-52(25(2)21-53)22-26-5-7-27(8-6-26)51-60(58,59)28-9-11-34(32(42)18-28)48-39-47-20-31(41(44,45)46)37(50-39)54-14-4-13-40(3,57)23-54/h9,11,17-20,25-27,29,51,57H,4-8,10,12-16,21-23H2,1-3H3,(H,47,48,50)(H,49,55,56)/t25-,26?,27?,29?,40-/m0/s1. The number of carbonyl (C=O) groups is 2. The van der Waals surface area contributed by atoms with Crippen molar-refractivity contribution >= 4 is 45.0 Å². The number of rotatable bonds is 10. The molecule has 1 aliphatic carbocycles. The molecule has 2 amide bonds. The van der Waals surface area contributed by atoms with E-state index in [-0.39, 0.29) is 54.0 Å². The number of halogens is 5. The average molecular weight is 863 g/mol. The molecule has 4 N–H and O–H groups in total. The van der Waals surface area contributed by atoms with E-state index in [0.29, 0.717) is 75.1 Å². The van der Waals surface area contributed by atoms with Gasteiger partial charge in [0.1, 0.15) is 23.0 Å². The summed E-state index contributed by atoms with van der Waals surface area (Å²) in [4.78, 5) is 37.3. The van der Waals surface area contributed by atoms with Crippen molar-refractivity contribution in [3.05, 3.63) is 64.9 Å². The lowest BCUT2D eigenvalue weighted by Crippen LogP contribution is -2.53. The molecule has 0 spiro atoms. The number of hydrogen-bond donors (Lipinski definition) is 4. The number of imide groups is 1. The number of amides is 2. The second kappa shape index (κ2) is 17.1. The molecular formula is C41H51F5N8O5S. The quantitative estimate of drug-likeness (QED) is 0.145. The molecule has 19 heteroatoms. The van der Waals surface area contributed by atoms with E-state index < -0.39 is 56.6 Å². The first-order chi connectivity index (χ1) is 28.3. The first kappa shape index (κ1) is 43.6. The van der Waals surface area contributed by atoms with Gasteiger partial charge in [-0.15, -0.1) is 0 Å². The van der Waals surface area contributed by atoms with E-state index in [1.165, 1.54) is 30.0 Å². The average Bonchev–Trinajstić information content (AvgIpc) is 3.17. The maximum Gasteiger partial charge on any atom is 0.421 e. The van der Waals surface area contributed by atoms with Crippen molar-refractivity contribution < 1.29 is 45.1 Å². The van der Waals surface area contributed by atoms with Gasteiger partial charge in [0.25, 0.3) is 0 Å². The molecule has 3 aliphatic heterocycles. The summed E-state index contributed by atoms with van der Waals surface area (Å²) < 4.78 is 102. The minimum atomic E-state index is -4.78. The molecule has 1 aromatic heterocycles. The number of piperidine rings is 2. The van der Waals surface area contributed by atoms with E-state index in [1.54, 1.807) is 6.07 Å². The number of aryl methyl sites for hydroxylation is 1. The molecule has 3 atom stereocenters. The summed E-state index contributed by atoms with van der Waals surface area (Å²) in [5.41, 5.74) is -0.668. The number of nitrogens with zero attached hydrogens (tertiary/aromatic N) is 5. The van der Waals surface area contributed by atoms with E-state index in [2.05, 4.69) is 37.1 Å². The van der Waals surface area contributed by atoms with Crippen molar-refractivity contribution in [1.82, 2.24) is 24.9 Å². The van der Waals surface area contributed by atoms with Gasteiger partial charge in [0.15, 0.2) is 0 Å². The Bertz CT molecular complexity index is 2220. The Morgan fingerprint density at radius 3 is 2.42 bits per heavy atom. The minimum Gasteiger partial charge on any atom is -0.388 e. The number of carbonyl (C=O) groups excluding carboxylic acids is 2. The maximum atomic E-state index is 15.5. The molecule has 3 saturated heterocycles. The van der Waals surface area contributed by atoms with Gasteiger partial charge in [-0.05, 0) is 113 Å². The van der Waals surface area contributed by atoms with Crippen LogP contribution in [-0.2, 0) is 25.8 Å². The fourth-order valence-electron chi connectivity index (χ4n) is 9.02. The summed E-state index contributed by atoms with van der Waals surface area (Å²) in [6.07, 6.45) is -0.0301. The van der Waals surface area contributed by atoms with Crippen molar-refractivity contribution in [3.8, 4) is 0 Å². The first-order valence-corrected chi connectivity index (χ1v) is 21.9. The molecule has 4 heterocycles. The molecule has 1 saturated carbocycles. The van der Waals surface area contributed by atoms with Crippen LogP contribution in [0.25, 0.3) is 0 Å². The lowest BCUT2D eigenvalue weighted by molar-refractivity contribution is -0.138. The van der Waals surface area contributed by atoms with Crippen molar-refractivity contribution in [1.29, 1.82) is 0 Å². The van der Waals surface area contributed by atoms with Crippen LogP contribution in [0.4, 0.5) is 45.1 Å². The van der Waals surface area contributed by atoms with E-state index in [1.807, 2.05) is 11.8 Å². The third kappa shape index (κ3) is 9.84. The molecule has 1 unspecified atom stereocenters. The number of nitrogens with one attached hydrogen (secondary N) is 3. The second-order valence-electron chi connectivity index (χ2n) is 17.0. The Labute approximate surface area is 346 Å². The summed E-state index contributed by atoms with van der Waals surface area (Å²) in [6.45, 7) is 8.37. The molecule has 13 nitrogen and oxygen atoms in total. The molecule has 326 valence electrons. The Kier molecular flexibility index (Phi) is 12.5. The van der Waals surface area contributed by atoms with Gasteiger partial charge in [0, 0.05) is 64.0 Å². The van der Waals surface area contributed by atoms with E-state index in [9.17, 15) is 36.3 Å². The zero-order chi connectivity index (χ0) is 43.1. The van der Waals surface area contributed by atoms with Gasteiger partial charge in [-0.1, -0.05) is 0 Å². The zero-order valence-corrected chi connectivity index (χ0v) is 34.6. The number of sulfonamides is 1. The smallest absolute Gasteiger partial charge is 0.388 e. The lowest BCUT2D eigenvalue weighted by Gasteiger charge is -2.43. The Morgan fingerprint density at radius 1 is 1.00 bits per heavy atom. The fraction of sp³-hybridized carbons (Fsp3) is 0.561. The van der Waals surface area contributed by atoms with Crippen molar-refractivity contribution in [3.63, 3.8) is 0 Å². The molecule has 60 heavy (non-hydrogen) atoms. The summed E-state index contributed by atoms with van der Waals surface area (Å²) in [5, 5.41) is 15.4. The van der Waals surface area contributed by atoms with Gasteiger partial charge < -0.3 is 20.2 Å². The SMILES string of the molecule is Cc1cc(N2CCN(CC3CCC(NS(=O)(=O)c4ccc(Nc5ncc(C(F)(F)F)c(N6CCC[C@](C)(O)C6)n5)c(F)c4)CC3)[C@@H](C)C2)c(F)cc1C1CCC(=O)NC1=O. The van der Waals surface area contributed by atoms with Crippen LogP contribution in [0.2, 0.25) is 0 Å². The summed E-state index contributed by atoms with van der Waals surface area (Å²) in [6, 6.07) is 6.19. The number of β-amino-alcohol motifs (C(OH)–C–C–N with tert-alkyl or cyclic N) is 1. The van der Waals surface area contributed by atoms with Crippen LogP contribution in [0, 0.1) is 24.5 Å². The van der Waals surface area contributed by atoms with Gasteiger partial charge in [-0.2, -0.15) is 18.2 Å². The van der Waals surface area contributed by atoms with Crippen molar-refractivity contribution in [2.45, 2.75) is 107 Å². The van der Waals surface area contributed by atoms with Gasteiger partial charge in [-0.3, -0.25) is 19.8 Å². The lowest BCUT2D eigenvalue weighted by atomic mass is 9.85. The molecule has 0 bridgehead atoms. The third-order valence-electron chi connectivity index (χ3n) is 12.3. The van der Waals surface area contributed by atoms with Crippen LogP contribution in [0.1, 0.15) is 87.8 Å². The summed E-state index contributed by atoms with van der Waals surface area (Å²) >= 11 is 0. The monoisotopic (exact) mass is 862 g/mol. The number of aliphatic hydroxyl groups is 1. The van der Waals surface area contributed by atoms with Crippen LogP contribution in [0.15, 0.2) is 41.4 Å². The highest BCUT2D eigenvalue weighted by Gasteiger charge is 2.40. The highest BCUT2D eigenvalue weighted by atomic mass is 32.2. The summed E-state index contributed by atoms with van der Waals surface area (Å²) in [7, 11) is -4.12. The summed E-state index contributed by atoms with van der Waals surface area (Å²) in [5.74, 6) is -3.10. The molecule has 4 aliphatic rings. The van der Waals surface area contributed by atoms with E-state index in [0.717, 1.165) is 31.0 Å². The molecule has 0 radical (unpaired) electrons. The molecule has 3 aromatic rings. The van der Waals surface area contributed by atoms with Crippen LogP contribution >= 0.6 is 0 Å². The van der Waals surface area contributed by atoms with Crippen LogP contribution in [0.5, 0.6) is 0 Å². The first-order valence-electron chi connectivity index (χ1n) is 20.4. The number of piperazine rings is 1. The topological polar surface area (TPSA) is 160 Å². The number of aromatic nitrogens is 2. The molecular weight excluding hydrogens is 812 g/mol.